The van der Waals surface area contributed by atoms with Crippen LogP contribution >= 0.6 is 11.8 Å². The molecular formula is C13H27N3O2S. The van der Waals surface area contributed by atoms with Gasteiger partial charge in [0.15, 0.2) is 5.96 Å². The number of aliphatic imine (C=N–C) groups is 1. The highest BCUT2D eigenvalue weighted by molar-refractivity contribution is 7.99. The van der Waals surface area contributed by atoms with E-state index in [2.05, 4.69) is 15.6 Å². The summed E-state index contributed by atoms with van der Waals surface area (Å²) < 4.78 is 5.29. The van der Waals surface area contributed by atoms with Gasteiger partial charge in [-0.2, -0.15) is 11.8 Å². The number of ether oxygens (including phenoxy) is 1. The van der Waals surface area contributed by atoms with Gasteiger partial charge in [0.25, 0.3) is 0 Å². The van der Waals surface area contributed by atoms with Crippen LogP contribution in [-0.2, 0) is 4.74 Å². The Hall–Kier alpha value is -0.460. The molecule has 0 amide bonds. The van der Waals surface area contributed by atoms with E-state index in [0.717, 1.165) is 56.6 Å². The molecule has 0 aromatic rings. The molecule has 5 nitrogen and oxygen atoms in total. The molecule has 1 aliphatic rings. The minimum Gasteiger partial charge on any atom is -0.387 e. The quantitative estimate of drug-likeness (QED) is 0.351. The van der Waals surface area contributed by atoms with Crippen molar-refractivity contribution in [1.29, 1.82) is 0 Å². The fraction of sp³-hybridized carbons (Fsp3) is 0.923. The Morgan fingerprint density at radius 2 is 2.26 bits per heavy atom. The van der Waals surface area contributed by atoms with Gasteiger partial charge in [-0.25, -0.2) is 0 Å². The molecule has 0 aliphatic carbocycles. The summed E-state index contributed by atoms with van der Waals surface area (Å²) in [5.41, 5.74) is -0.613. The Morgan fingerprint density at radius 1 is 1.42 bits per heavy atom. The van der Waals surface area contributed by atoms with Crippen LogP contribution in [0.15, 0.2) is 4.99 Å². The first-order chi connectivity index (χ1) is 9.20. The summed E-state index contributed by atoms with van der Waals surface area (Å²) in [4.78, 5) is 4.48. The first-order valence-corrected chi connectivity index (χ1v) is 8.25. The molecule has 1 atom stereocenters. The smallest absolute Gasteiger partial charge is 0.191 e. The van der Waals surface area contributed by atoms with Crippen molar-refractivity contribution in [2.75, 3.05) is 44.4 Å². The van der Waals surface area contributed by atoms with Gasteiger partial charge >= 0.3 is 0 Å². The fourth-order valence-electron chi connectivity index (χ4n) is 1.81. The zero-order valence-corrected chi connectivity index (χ0v) is 12.9. The maximum absolute atomic E-state index is 10.2. The third-order valence-electron chi connectivity index (χ3n) is 2.92. The summed E-state index contributed by atoms with van der Waals surface area (Å²) in [5, 5.41) is 16.7. The summed E-state index contributed by atoms with van der Waals surface area (Å²) in [6.45, 7) is 7.70. The van der Waals surface area contributed by atoms with E-state index in [1.165, 1.54) is 0 Å². The lowest BCUT2D eigenvalue weighted by atomic mass is 10.1. The fourth-order valence-corrected chi connectivity index (χ4v) is 3.10. The second-order valence-electron chi connectivity index (χ2n) is 4.70. The van der Waals surface area contributed by atoms with E-state index in [0.29, 0.717) is 6.54 Å². The summed E-state index contributed by atoms with van der Waals surface area (Å²) in [6, 6.07) is 0. The zero-order valence-electron chi connectivity index (χ0n) is 12.1. The Kier molecular flexibility index (Phi) is 8.25. The lowest BCUT2D eigenvalue weighted by Crippen LogP contribution is -2.40. The van der Waals surface area contributed by atoms with Gasteiger partial charge in [-0.1, -0.05) is 0 Å². The molecule has 0 aromatic carbocycles. The molecule has 6 heteroatoms. The molecule has 1 rings (SSSR count). The van der Waals surface area contributed by atoms with E-state index in [9.17, 15) is 5.11 Å². The van der Waals surface area contributed by atoms with Crippen molar-refractivity contribution < 1.29 is 9.84 Å². The van der Waals surface area contributed by atoms with E-state index >= 15 is 0 Å². The molecule has 19 heavy (non-hydrogen) atoms. The highest BCUT2D eigenvalue weighted by atomic mass is 32.2. The largest absolute Gasteiger partial charge is 0.387 e. The maximum Gasteiger partial charge on any atom is 0.191 e. The number of aliphatic hydroxyl groups is 1. The van der Waals surface area contributed by atoms with Crippen LogP contribution in [0.2, 0.25) is 0 Å². The second-order valence-corrected chi connectivity index (χ2v) is 5.80. The minimum atomic E-state index is -0.613. The van der Waals surface area contributed by atoms with Gasteiger partial charge in [0.2, 0.25) is 0 Å². The van der Waals surface area contributed by atoms with Crippen LogP contribution in [0.1, 0.15) is 26.7 Å². The van der Waals surface area contributed by atoms with Crippen molar-refractivity contribution in [2.24, 2.45) is 4.99 Å². The van der Waals surface area contributed by atoms with Gasteiger partial charge < -0.3 is 20.5 Å². The molecule has 1 heterocycles. The maximum atomic E-state index is 10.2. The summed E-state index contributed by atoms with van der Waals surface area (Å²) in [7, 11) is 0. The average molecular weight is 289 g/mol. The summed E-state index contributed by atoms with van der Waals surface area (Å²) >= 11 is 1.80. The van der Waals surface area contributed by atoms with Crippen LogP contribution < -0.4 is 10.6 Å². The molecule has 1 saturated heterocycles. The lowest BCUT2D eigenvalue weighted by Gasteiger charge is -2.19. The number of guanidine groups is 1. The topological polar surface area (TPSA) is 65.9 Å². The molecule has 3 N–H and O–H groups in total. The predicted octanol–water partition coefficient (Wildman–Crippen LogP) is 0.836. The minimum absolute atomic E-state index is 0.473. The van der Waals surface area contributed by atoms with Gasteiger partial charge in [-0.15, -0.1) is 0 Å². The van der Waals surface area contributed by atoms with E-state index in [-0.39, 0.29) is 0 Å². The standard InChI is InChI=1S/C13H27N3O2S/c1-3-14-12(15-7-5-8-18-4-2)16-10-13(17)6-9-19-11-13/h17H,3-11H2,1-2H3,(H2,14,15,16). The van der Waals surface area contributed by atoms with Gasteiger partial charge in [0.1, 0.15) is 0 Å². The SMILES string of the molecule is CCNC(=NCC1(O)CCSC1)NCCCOCC. The molecule has 1 aliphatic heterocycles. The third kappa shape index (κ3) is 7.03. The van der Waals surface area contributed by atoms with Crippen molar-refractivity contribution in [3.63, 3.8) is 0 Å². The molecular weight excluding hydrogens is 262 g/mol. The monoisotopic (exact) mass is 289 g/mol. The highest BCUT2D eigenvalue weighted by Gasteiger charge is 2.31. The van der Waals surface area contributed by atoms with Crippen LogP contribution in [-0.4, -0.2) is 61.0 Å². The molecule has 0 radical (unpaired) electrons. The number of nitrogens with zero attached hydrogens (tertiary/aromatic N) is 1. The second kappa shape index (κ2) is 9.44. The Bertz CT molecular complexity index is 269. The third-order valence-corrected chi connectivity index (χ3v) is 4.15. The predicted molar refractivity (Wildman–Crippen MR) is 82.0 cm³/mol. The van der Waals surface area contributed by atoms with Gasteiger partial charge in [0.05, 0.1) is 12.1 Å². The van der Waals surface area contributed by atoms with Crippen LogP contribution in [0.25, 0.3) is 0 Å². The molecule has 112 valence electrons. The van der Waals surface area contributed by atoms with Crippen molar-refractivity contribution >= 4 is 17.7 Å². The summed E-state index contributed by atoms with van der Waals surface area (Å²) in [5.74, 6) is 2.61. The number of hydrogen-bond acceptors (Lipinski definition) is 4. The first kappa shape index (κ1) is 16.6. The Morgan fingerprint density at radius 3 is 2.89 bits per heavy atom. The molecule has 0 saturated carbocycles. The molecule has 1 unspecified atom stereocenters. The van der Waals surface area contributed by atoms with Crippen LogP contribution in [0.5, 0.6) is 0 Å². The zero-order chi connectivity index (χ0) is 14.0. The lowest BCUT2D eigenvalue weighted by molar-refractivity contribution is 0.0778. The van der Waals surface area contributed by atoms with Crippen molar-refractivity contribution in [2.45, 2.75) is 32.3 Å². The van der Waals surface area contributed by atoms with Crippen LogP contribution in [0.4, 0.5) is 0 Å². The van der Waals surface area contributed by atoms with E-state index < -0.39 is 5.60 Å². The molecule has 0 spiro atoms. The van der Waals surface area contributed by atoms with Crippen molar-refractivity contribution in [1.82, 2.24) is 10.6 Å². The van der Waals surface area contributed by atoms with E-state index in [1.54, 1.807) is 11.8 Å². The highest BCUT2D eigenvalue weighted by Crippen LogP contribution is 2.27. The number of rotatable bonds is 8. The first-order valence-electron chi connectivity index (χ1n) is 7.10. The van der Waals surface area contributed by atoms with E-state index in [4.69, 9.17) is 4.74 Å². The van der Waals surface area contributed by atoms with Gasteiger partial charge in [0, 0.05) is 32.1 Å². The number of thioether (sulfide) groups is 1. The van der Waals surface area contributed by atoms with Crippen molar-refractivity contribution in [3.05, 3.63) is 0 Å². The summed E-state index contributed by atoms with van der Waals surface area (Å²) in [6.07, 6.45) is 1.79. The molecule has 0 bridgehead atoms. The van der Waals surface area contributed by atoms with E-state index in [1.807, 2.05) is 13.8 Å². The van der Waals surface area contributed by atoms with Crippen molar-refractivity contribution in [3.8, 4) is 0 Å². The number of nitrogens with one attached hydrogen (secondary N) is 2. The Balaban J connectivity index is 2.29. The molecule has 0 aromatic heterocycles. The molecule has 1 fully saturated rings. The van der Waals surface area contributed by atoms with Gasteiger partial charge in [-0.3, -0.25) is 4.99 Å². The van der Waals surface area contributed by atoms with Crippen LogP contribution in [0.3, 0.4) is 0 Å². The Labute approximate surface area is 120 Å². The normalized spacial score (nSPS) is 23.6. The van der Waals surface area contributed by atoms with Gasteiger partial charge in [-0.05, 0) is 32.4 Å². The average Bonchev–Trinajstić information content (AvgIpc) is 2.83. The number of hydrogen-bond donors (Lipinski definition) is 3. The van der Waals surface area contributed by atoms with Crippen LogP contribution in [0, 0.1) is 0 Å².